The van der Waals surface area contributed by atoms with E-state index in [1.807, 2.05) is 6.07 Å². The number of carbonyl (C=O) groups is 1. The van der Waals surface area contributed by atoms with Crippen LogP contribution in [0.25, 0.3) is 33.4 Å². The highest BCUT2D eigenvalue weighted by atomic mass is 16.7. The first-order valence-electron chi connectivity index (χ1n) is 24.9. The van der Waals surface area contributed by atoms with E-state index < -0.39 is 0 Å². The first kappa shape index (κ1) is 45.6. The van der Waals surface area contributed by atoms with Gasteiger partial charge < -0.3 is 9.31 Å². The van der Waals surface area contributed by atoms with E-state index >= 15 is 0 Å². The Bertz CT molecular complexity index is 2090. The molecule has 0 bridgehead atoms. The molecule has 61 heavy (non-hydrogen) atoms. The van der Waals surface area contributed by atoms with Crippen LogP contribution in [-0.2, 0) is 20.1 Å². The van der Waals surface area contributed by atoms with Crippen molar-refractivity contribution in [2.75, 3.05) is 0 Å². The Morgan fingerprint density at radius 1 is 0.443 bits per heavy atom. The third kappa shape index (κ3) is 8.89. The molecule has 3 nitrogen and oxygen atoms in total. The summed E-state index contributed by atoms with van der Waals surface area (Å²) in [5, 5.41) is 0. The van der Waals surface area contributed by atoms with Gasteiger partial charge in [0.05, 0.1) is 11.2 Å². The van der Waals surface area contributed by atoms with Gasteiger partial charge in [-0.05, 0) is 133 Å². The van der Waals surface area contributed by atoms with Crippen LogP contribution in [0.1, 0.15) is 216 Å². The maximum absolute atomic E-state index is 12.3. The molecule has 0 aromatic heterocycles. The Kier molecular flexibility index (Phi) is 14.6. The summed E-state index contributed by atoms with van der Waals surface area (Å²) in [4.78, 5) is 12.3. The minimum absolute atomic E-state index is 0.0671. The van der Waals surface area contributed by atoms with Gasteiger partial charge in [0.25, 0.3) is 0 Å². The Balaban J connectivity index is 1.35. The fourth-order valence-corrected chi connectivity index (χ4v) is 11.3. The second-order valence-corrected chi connectivity index (χ2v) is 20.2. The van der Waals surface area contributed by atoms with Gasteiger partial charge in [-0.1, -0.05) is 185 Å². The predicted octanol–water partition coefficient (Wildman–Crippen LogP) is 15.9. The van der Waals surface area contributed by atoms with Crippen LogP contribution >= 0.6 is 0 Å². The number of rotatable bonds is 23. The highest BCUT2D eigenvalue weighted by Gasteiger charge is 2.52. The van der Waals surface area contributed by atoms with Crippen molar-refractivity contribution in [1.29, 1.82) is 0 Å². The third-order valence-electron chi connectivity index (χ3n) is 15.6. The molecule has 326 valence electrons. The van der Waals surface area contributed by atoms with Crippen molar-refractivity contribution >= 4 is 18.9 Å². The zero-order chi connectivity index (χ0) is 43.3. The van der Waals surface area contributed by atoms with E-state index in [1.54, 1.807) is 0 Å². The van der Waals surface area contributed by atoms with Crippen molar-refractivity contribution in [3.63, 3.8) is 0 Å². The van der Waals surface area contributed by atoms with Gasteiger partial charge in [-0.2, -0.15) is 0 Å². The van der Waals surface area contributed by atoms with E-state index in [1.165, 1.54) is 158 Å². The number of benzene rings is 4. The Hall–Kier alpha value is -3.47. The van der Waals surface area contributed by atoms with Gasteiger partial charge in [-0.3, -0.25) is 4.79 Å². The molecule has 0 unspecified atom stereocenters. The lowest BCUT2D eigenvalue weighted by molar-refractivity contribution is 0.00578. The van der Waals surface area contributed by atoms with Crippen molar-refractivity contribution in [3.05, 3.63) is 101 Å². The summed E-state index contributed by atoms with van der Waals surface area (Å²) in [5.41, 5.74) is 15.0. The van der Waals surface area contributed by atoms with E-state index in [-0.39, 0.29) is 29.2 Å². The molecule has 0 saturated carbocycles. The lowest BCUT2D eigenvalue weighted by Crippen LogP contribution is -2.41. The normalized spacial score (nSPS) is 17.3. The lowest BCUT2D eigenvalue weighted by Gasteiger charge is -2.34. The molecule has 1 fully saturated rings. The Morgan fingerprint density at radius 2 is 0.803 bits per heavy atom. The van der Waals surface area contributed by atoms with Crippen LogP contribution < -0.4 is 5.46 Å². The van der Waals surface area contributed by atoms with Crippen molar-refractivity contribution < 1.29 is 14.1 Å². The molecule has 1 aliphatic heterocycles. The summed E-state index contributed by atoms with van der Waals surface area (Å²) >= 11 is 0. The fourth-order valence-electron chi connectivity index (χ4n) is 11.3. The second kappa shape index (κ2) is 19.5. The molecule has 4 heteroatoms. The molecule has 4 aromatic rings. The summed E-state index contributed by atoms with van der Waals surface area (Å²) in [6.07, 6.45) is 25.6. The van der Waals surface area contributed by atoms with Crippen LogP contribution in [0.4, 0.5) is 0 Å². The van der Waals surface area contributed by atoms with Crippen LogP contribution in [0.3, 0.4) is 0 Å². The van der Waals surface area contributed by atoms with Crippen molar-refractivity contribution in [2.45, 2.75) is 206 Å². The minimum atomic E-state index is -0.386. The van der Waals surface area contributed by atoms with E-state index in [9.17, 15) is 4.79 Å². The number of carbonyl (C=O) groups excluding carboxylic acids is 1. The molecule has 1 heterocycles. The van der Waals surface area contributed by atoms with Gasteiger partial charge in [0.2, 0.25) is 0 Å². The average Bonchev–Trinajstić information content (AvgIpc) is 3.78. The molecule has 2 aliphatic carbocycles. The highest BCUT2D eigenvalue weighted by Crippen LogP contribution is 2.57. The summed E-state index contributed by atoms with van der Waals surface area (Å²) in [6, 6.07) is 28.6. The number of hydrogen-bond acceptors (Lipinski definition) is 3. The number of aldehydes is 1. The molecule has 0 atom stereocenters. The molecular weight excluding hydrogens is 743 g/mol. The maximum atomic E-state index is 12.3. The lowest BCUT2D eigenvalue weighted by atomic mass is 9.68. The van der Waals surface area contributed by atoms with Crippen molar-refractivity contribution in [1.82, 2.24) is 0 Å². The van der Waals surface area contributed by atoms with Crippen LogP contribution in [0, 0.1) is 0 Å². The number of fused-ring (bicyclic) bond motifs is 6. The van der Waals surface area contributed by atoms with E-state index in [0.29, 0.717) is 0 Å². The molecule has 1 saturated heterocycles. The van der Waals surface area contributed by atoms with Gasteiger partial charge in [0, 0.05) is 16.4 Å². The summed E-state index contributed by atoms with van der Waals surface area (Å²) in [5.74, 6) is 0. The SMILES string of the molecule is CCCCCCC1(CCCCCC)c2cc(C=O)ccc2-c2ccc(-c3ccc4c(c3)C(CCCCCC)(CCCCCC)c3cc(B5OC(C)(C)C(C)(C)O5)ccc3-4)cc21. The first-order chi connectivity index (χ1) is 29.5. The molecule has 0 N–H and O–H groups in total. The van der Waals surface area contributed by atoms with Crippen LogP contribution in [-0.4, -0.2) is 24.6 Å². The summed E-state index contributed by atoms with van der Waals surface area (Å²) in [7, 11) is -0.380. The van der Waals surface area contributed by atoms with Crippen molar-refractivity contribution in [2.24, 2.45) is 0 Å². The van der Waals surface area contributed by atoms with Gasteiger partial charge in [-0.25, -0.2) is 0 Å². The third-order valence-corrected chi connectivity index (χ3v) is 15.6. The van der Waals surface area contributed by atoms with E-state index in [2.05, 4.69) is 122 Å². The molecule has 7 rings (SSSR count). The van der Waals surface area contributed by atoms with Gasteiger partial charge in [0.1, 0.15) is 6.29 Å². The predicted molar refractivity (Wildman–Crippen MR) is 260 cm³/mol. The minimum Gasteiger partial charge on any atom is -0.399 e. The quantitative estimate of drug-likeness (QED) is 0.0425. The zero-order valence-corrected chi connectivity index (χ0v) is 39.4. The molecule has 0 radical (unpaired) electrons. The highest BCUT2D eigenvalue weighted by molar-refractivity contribution is 6.62. The first-order valence-corrected chi connectivity index (χ1v) is 24.9. The smallest absolute Gasteiger partial charge is 0.399 e. The molecular formula is C57H77BO3. The Morgan fingerprint density at radius 3 is 1.20 bits per heavy atom. The molecule has 3 aliphatic rings. The largest absolute Gasteiger partial charge is 0.494 e. The molecule has 0 amide bonds. The van der Waals surface area contributed by atoms with Gasteiger partial charge >= 0.3 is 7.12 Å². The summed E-state index contributed by atoms with van der Waals surface area (Å²) < 4.78 is 13.4. The zero-order valence-electron chi connectivity index (χ0n) is 39.4. The number of unbranched alkanes of at least 4 members (excludes halogenated alkanes) is 12. The maximum Gasteiger partial charge on any atom is 0.494 e. The van der Waals surface area contributed by atoms with Crippen LogP contribution in [0.2, 0.25) is 0 Å². The van der Waals surface area contributed by atoms with Crippen LogP contribution in [0.15, 0.2) is 72.8 Å². The average molecular weight is 821 g/mol. The van der Waals surface area contributed by atoms with E-state index in [0.717, 1.165) is 43.0 Å². The standard InChI is InChI=1S/C57H77BO3/c1-9-13-17-21-33-56(34-22-18-14-10-2)50-37-42(41-59)25-29-46(50)47-30-26-43(38-51(47)56)44-27-31-48-49-32-28-45(58-60-54(5,6)55(7,8)61-58)40-53(49)57(52(48)39-44,35-23-19-15-11-3)36-24-20-16-12-4/h25-32,37-41H,9-24,33-36H2,1-8H3. The van der Waals surface area contributed by atoms with Crippen LogP contribution in [0.5, 0.6) is 0 Å². The van der Waals surface area contributed by atoms with Gasteiger partial charge in [-0.15, -0.1) is 0 Å². The Labute approximate surface area is 371 Å². The monoisotopic (exact) mass is 821 g/mol. The molecule has 0 spiro atoms. The van der Waals surface area contributed by atoms with Crippen molar-refractivity contribution in [3.8, 4) is 33.4 Å². The van der Waals surface area contributed by atoms with Gasteiger partial charge in [0.15, 0.2) is 0 Å². The van der Waals surface area contributed by atoms with E-state index in [4.69, 9.17) is 9.31 Å². The second-order valence-electron chi connectivity index (χ2n) is 20.2. The fraction of sp³-hybridized carbons (Fsp3) is 0.561. The topological polar surface area (TPSA) is 35.5 Å². The summed E-state index contributed by atoms with van der Waals surface area (Å²) in [6.45, 7) is 17.9. The molecule has 4 aromatic carbocycles. The number of hydrogen-bond donors (Lipinski definition) is 0.